The van der Waals surface area contributed by atoms with Gasteiger partial charge in [-0.05, 0) is 36.5 Å². The molecule has 1 aromatic heterocycles. The summed E-state index contributed by atoms with van der Waals surface area (Å²) in [5.41, 5.74) is 1.90. The SMILES string of the molecule is N#Cc1cccc(CN2Cc3nccn3CC(COCC3CC3)C2)c1.O=C(O)C(F)(F)F. The zero-order chi connectivity index (χ0) is 23.1. The highest BCUT2D eigenvalue weighted by molar-refractivity contribution is 5.73. The number of rotatable bonds is 6. The molecule has 0 radical (unpaired) electrons. The van der Waals surface area contributed by atoms with Gasteiger partial charge in [-0.15, -0.1) is 0 Å². The number of carboxylic acid groups (broad SMARTS) is 1. The first-order valence-corrected chi connectivity index (χ1v) is 10.3. The monoisotopic (exact) mass is 450 g/mol. The maximum atomic E-state index is 10.6. The molecule has 7 nitrogen and oxygen atoms in total. The number of imidazole rings is 1. The van der Waals surface area contributed by atoms with E-state index in [2.05, 4.69) is 32.8 Å². The maximum Gasteiger partial charge on any atom is 0.490 e. The molecule has 1 aliphatic carbocycles. The quantitative estimate of drug-likeness (QED) is 0.725. The van der Waals surface area contributed by atoms with E-state index in [1.807, 2.05) is 24.4 Å². The third-order valence-corrected chi connectivity index (χ3v) is 5.25. The summed E-state index contributed by atoms with van der Waals surface area (Å²) in [4.78, 5) is 15.8. The van der Waals surface area contributed by atoms with Crippen LogP contribution in [-0.4, -0.2) is 51.5 Å². The van der Waals surface area contributed by atoms with Gasteiger partial charge in [-0.2, -0.15) is 18.4 Å². The number of alkyl halides is 3. The van der Waals surface area contributed by atoms with Crippen molar-refractivity contribution < 1.29 is 27.8 Å². The Morgan fingerprint density at radius 2 is 1.97 bits per heavy atom. The topological polar surface area (TPSA) is 91.4 Å². The van der Waals surface area contributed by atoms with Crippen LogP contribution in [0, 0.1) is 23.2 Å². The van der Waals surface area contributed by atoms with Gasteiger partial charge in [0.15, 0.2) is 0 Å². The zero-order valence-electron chi connectivity index (χ0n) is 17.5. The van der Waals surface area contributed by atoms with E-state index in [4.69, 9.17) is 19.9 Å². The Bertz CT molecular complexity index is 950. The van der Waals surface area contributed by atoms with Crippen molar-refractivity contribution in [3.63, 3.8) is 0 Å². The second kappa shape index (κ2) is 10.6. The van der Waals surface area contributed by atoms with Crippen LogP contribution in [0.1, 0.15) is 29.8 Å². The fourth-order valence-corrected chi connectivity index (χ4v) is 3.53. The van der Waals surface area contributed by atoms with Crippen LogP contribution in [0.3, 0.4) is 0 Å². The molecule has 0 spiro atoms. The minimum atomic E-state index is -5.08. The number of benzene rings is 1. The van der Waals surface area contributed by atoms with Crippen molar-refractivity contribution in [1.82, 2.24) is 14.5 Å². The minimum Gasteiger partial charge on any atom is -0.475 e. The lowest BCUT2D eigenvalue weighted by molar-refractivity contribution is -0.192. The third-order valence-electron chi connectivity index (χ3n) is 5.25. The van der Waals surface area contributed by atoms with E-state index in [9.17, 15) is 13.2 Å². The Balaban J connectivity index is 0.000000360. The van der Waals surface area contributed by atoms with Crippen molar-refractivity contribution in [3.05, 3.63) is 53.6 Å². The smallest absolute Gasteiger partial charge is 0.475 e. The predicted octanol–water partition coefficient (Wildman–Crippen LogP) is 3.45. The first-order chi connectivity index (χ1) is 15.2. The lowest BCUT2D eigenvalue weighted by atomic mass is 10.1. The van der Waals surface area contributed by atoms with Gasteiger partial charge in [0.2, 0.25) is 0 Å². The molecule has 172 valence electrons. The number of carbonyl (C=O) groups is 1. The molecule has 32 heavy (non-hydrogen) atoms. The molecular weight excluding hydrogens is 425 g/mol. The van der Waals surface area contributed by atoms with Gasteiger partial charge in [-0.3, -0.25) is 4.90 Å². The Morgan fingerprint density at radius 3 is 2.62 bits per heavy atom. The van der Waals surface area contributed by atoms with Gasteiger partial charge in [0.05, 0.1) is 24.8 Å². The fraction of sp³-hybridized carbons (Fsp3) is 0.500. The molecule has 2 aliphatic rings. The number of nitrogens with zero attached hydrogens (tertiary/aromatic N) is 4. The number of ether oxygens (including phenoxy) is 1. The zero-order valence-corrected chi connectivity index (χ0v) is 17.5. The number of aromatic nitrogens is 2. The van der Waals surface area contributed by atoms with E-state index in [-0.39, 0.29) is 0 Å². The summed E-state index contributed by atoms with van der Waals surface area (Å²) in [7, 11) is 0. The average molecular weight is 450 g/mol. The Hall–Kier alpha value is -2.90. The van der Waals surface area contributed by atoms with E-state index in [1.165, 1.54) is 18.4 Å². The molecule has 1 N–H and O–H groups in total. The van der Waals surface area contributed by atoms with E-state index < -0.39 is 12.1 Å². The number of nitriles is 1. The average Bonchev–Trinajstić information content (AvgIpc) is 3.49. The highest BCUT2D eigenvalue weighted by atomic mass is 19.4. The first-order valence-electron chi connectivity index (χ1n) is 10.3. The van der Waals surface area contributed by atoms with Gasteiger partial charge in [-0.1, -0.05) is 12.1 Å². The van der Waals surface area contributed by atoms with Gasteiger partial charge in [-0.25, -0.2) is 9.78 Å². The van der Waals surface area contributed by atoms with Crippen LogP contribution in [0.15, 0.2) is 36.7 Å². The fourth-order valence-electron chi connectivity index (χ4n) is 3.53. The summed E-state index contributed by atoms with van der Waals surface area (Å²) in [6, 6.07) is 10.1. The largest absolute Gasteiger partial charge is 0.490 e. The number of hydrogen-bond donors (Lipinski definition) is 1. The highest BCUT2D eigenvalue weighted by Gasteiger charge is 2.38. The van der Waals surface area contributed by atoms with Crippen molar-refractivity contribution in [3.8, 4) is 6.07 Å². The molecule has 1 unspecified atom stereocenters. The van der Waals surface area contributed by atoms with Crippen LogP contribution in [0.25, 0.3) is 0 Å². The lowest BCUT2D eigenvalue weighted by Gasteiger charge is -2.24. The molecular formula is C22H25F3N4O3. The maximum absolute atomic E-state index is 10.6. The molecule has 1 saturated carbocycles. The van der Waals surface area contributed by atoms with Crippen molar-refractivity contribution in [2.45, 2.75) is 38.7 Å². The highest BCUT2D eigenvalue weighted by Crippen LogP contribution is 2.29. The number of hydrogen-bond acceptors (Lipinski definition) is 5. The molecule has 4 rings (SSSR count). The van der Waals surface area contributed by atoms with Crippen molar-refractivity contribution in [2.24, 2.45) is 11.8 Å². The van der Waals surface area contributed by atoms with Crippen LogP contribution in [-0.2, 0) is 29.2 Å². The minimum absolute atomic E-state index is 0.466. The van der Waals surface area contributed by atoms with E-state index >= 15 is 0 Å². The molecule has 10 heteroatoms. The summed E-state index contributed by atoms with van der Waals surface area (Å²) in [5, 5.41) is 16.2. The molecule has 0 bridgehead atoms. The van der Waals surface area contributed by atoms with Gasteiger partial charge in [0.1, 0.15) is 5.82 Å². The number of aliphatic carboxylic acids is 1. The van der Waals surface area contributed by atoms with E-state index in [1.54, 1.807) is 0 Å². The van der Waals surface area contributed by atoms with Crippen molar-refractivity contribution >= 4 is 5.97 Å². The number of halogens is 3. The lowest BCUT2D eigenvalue weighted by Crippen LogP contribution is -2.30. The summed E-state index contributed by atoms with van der Waals surface area (Å²) in [6.45, 7) is 5.35. The molecule has 2 heterocycles. The van der Waals surface area contributed by atoms with E-state index in [0.29, 0.717) is 5.92 Å². The molecule has 1 fully saturated rings. The van der Waals surface area contributed by atoms with Gasteiger partial charge >= 0.3 is 12.1 Å². The van der Waals surface area contributed by atoms with E-state index in [0.717, 1.165) is 56.7 Å². The van der Waals surface area contributed by atoms with Crippen LogP contribution in [0.2, 0.25) is 0 Å². The van der Waals surface area contributed by atoms with Gasteiger partial charge in [0, 0.05) is 44.6 Å². The second-order valence-corrected chi connectivity index (χ2v) is 8.13. The summed E-state index contributed by atoms with van der Waals surface area (Å²) >= 11 is 0. The Labute approximate surface area is 184 Å². The standard InChI is InChI=1S/C20H24N4O.C2HF3O2/c21-9-17-2-1-3-18(8-17)10-23-11-19(15-25-14-16-4-5-16)12-24-7-6-22-20(24)13-23;3-2(4,5)1(6)7/h1-3,6-8,16,19H,4-5,10-15H2;(H,6,7). The number of fused-ring (bicyclic) bond motifs is 1. The van der Waals surface area contributed by atoms with Gasteiger partial charge in [0.25, 0.3) is 0 Å². The molecule has 0 amide bonds. The summed E-state index contributed by atoms with van der Waals surface area (Å²) in [5.74, 6) is -0.374. The third kappa shape index (κ3) is 7.35. The first kappa shape index (κ1) is 23.8. The van der Waals surface area contributed by atoms with Crippen molar-refractivity contribution in [2.75, 3.05) is 19.8 Å². The molecule has 1 aromatic carbocycles. The predicted molar refractivity (Wildman–Crippen MR) is 108 cm³/mol. The molecule has 1 atom stereocenters. The summed E-state index contributed by atoms with van der Waals surface area (Å²) in [6.07, 6.45) is 1.54. The normalized spacial score (nSPS) is 18.6. The molecule has 1 aliphatic heterocycles. The number of carboxylic acids is 1. The van der Waals surface area contributed by atoms with Crippen LogP contribution in [0.5, 0.6) is 0 Å². The van der Waals surface area contributed by atoms with Crippen LogP contribution < -0.4 is 0 Å². The van der Waals surface area contributed by atoms with Crippen LogP contribution in [0.4, 0.5) is 13.2 Å². The van der Waals surface area contributed by atoms with Gasteiger partial charge < -0.3 is 14.4 Å². The molecule has 0 saturated heterocycles. The van der Waals surface area contributed by atoms with Crippen molar-refractivity contribution in [1.29, 1.82) is 5.26 Å². The van der Waals surface area contributed by atoms with Crippen LogP contribution >= 0.6 is 0 Å². The summed E-state index contributed by atoms with van der Waals surface area (Å²) < 4.78 is 40.0. The molecule has 2 aromatic rings. The Morgan fingerprint density at radius 1 is 1.25 bits per heavy atom. The Kier molecular flexibility index (Phi) is 7.88. The second-order valence-electron chi connectivity index (χ2n) is 8.13.